The van der Waals surface area contributed by atoms with Crippen LogP contribution in [-0.4, -0.2) is 49.7 Å². The number of rotatable bonds is 8. The Hall–Kier alpha value is -2.04. The van der Waals surface area contributed by atoms with E-state index in [2.05, 4.69) is 20.9 Å². The Labute approximate surface area is 202 Å². The van der Waals surface area contributed by atoms with Gasteiger partial charge in [-0.05, 0) is 58.2 Å². The number of halogens is 1. The number of guanidine groups is 1. The maximum absolute atomic E-state index is 11.8. The van der Waals surface area contributed by atoms with Gasteiger partial charge in [0.1, 0.15) is 5.60 Å². The summed E-state index contributed by atoms with van der Waals surface area (Å²) in [5, 5.41) is 9.23. The molecule has 1 aromatic rings. The Morgan fingerprint density at radius 1 is 1.13 bits per heavy atom. The molecule has 0 bridgehead atoms. The number of nitrogens with one attached hydrogen (secondary N) is 3. The fourth-order valence-electron chi connectivity index (χ4n) is 3.01. The van der Waals surface area contributed by atoms with Crippen molar-refractivity contribution in [1.82, 2.24) is 16.0 Å². The number of amides is 2. The zero-order chi connectivity index (χ0) is 22.0. The van der Waals surface area contributed by atoms with E-state index in [1.165, 1.54) is 0 Å². The van der Waals surface area contributed by atoms with Crippen LogP contribution in [0, 0.1) is 0 Å². The molecule has 0 aromatic heterocycles. The van der Waals surface area contributed by atoms with E-state index in [0.717, 1.165) is 43.1 Å². The van der Waals surface area contributed by atoms with Gasteiger partial charge in [-0.2, -0.15) is 0 Å². The first-order valence-electron chi connectivity index (χ1n) is 10.7. The molecule has 0 atom stereocenters. The van der Waals surface area contributed by atoms with Crippen molar-refractivity contribution < 1.29 is 14.3 Å². The highest BCUT2D eigenvalue weighted by molar-refractivity contribution is 14.0. The maximum atomic E-state index is 11.8. The van der Waals surface area contributed by atoms with E-state index in [1.807, 2.05) is 56.9 Å². The van der Waals surface area contributed by atoms with Crippen molar-refractivity contribution in [2.75, 3.05) is 31.1 Å². The lowest BCUT2D eigenvalue weighted by molar-refractivity contribution is -0.117. The SMILES string of the molecule is CCNC(=NCc1ccc(N2CCCC2=O)cc1)NCCCNC(=O)OC(C)(C)C.I. The first-order chi connectivity index (χ1) is 14.3. The van der Waals surface area contributed by atoms with Crippen LogP contribution in [0.4, 0.5) is 10.5 Å². The average molecular weight is 545 g/mol. The van der Waals surface area contributed by atoms with Gasteiger partial charge in [-0.25, -0.2) is 9.79 Å². The predicted molar refractivity (Wildman–Crippen MR) is 135 cm³/mol. The molecule has 2 rings (SSSR count). The van der Waals surface area contributed by atoms with Gasteiger partial charge in [-0.3, -0.25) is 4.79 Å². The number of carbonyl (C=O) groups is 2. The monoisotopic (exact) mass is 545 g/mol. The number of anilines is 1. The largest absolute Gasteiger partial charge is 0.444 e. The fraction of sp³-hybridized carbons (Fsp3) is 0.591. The minimum Gasteiger partial charge on any atom is -0.444 e. The molecular formula is C22H36IN5O3. The van der Waals surface area contributed by atoms with Crippen LogP contribution in [0.5, 0.6) is 0 Å². The van der Waals surface area contributed by atoms with Crippen molar-refractivity contribution >= 4 is 47.6 Å². The second-order valence-corrected chi connectivity index (χ2v) is 8.22. The maximum Gasteiger partial charge on any atom is 0.407 e. The molecule has 1 aliphatic heterocycles. The van der Waals surface area contributed by atoms with Crippen LogP contribution in [0.25, 0.3) is 0 Å². The van der Waals surface area contributed by atoms with Gasteiger partial charge in [-0.1, -0.05) is 12.1 Å². The highest BCUT2D eigenvalue weighted by Crippen LogP contribution is 2.21. The van der Waals surface area contributed by atoms with Gasteiger partial charge in [-0.15, -0.1) is 24.0 Å². The van der Waals surface area contributed by atoms with Gasteiger partial charge in [0.2, 0.25) is 5.91 Å². The van der Waals surface area contributed by atoms with Crippen LogP contribution < -0.4 is 20.9 Å². The highest BCUT2D eigenvalue weighted by Gasteiger charge is 2.21. The third-order valence-electron chi connectivity index (χ3n) is 4.40. The smallest absolute Gasteiger partial charge is 0.407 e. The molecule has 1 aliphatic rings. The zero-order valence-corrected chi connectivity index (χ0v) is 21.3. The van der Waals surface area contributed by atoms with Crippen LogP contribution in [0.2, 0.25) is 0 Å². The normalized spacial score (nSPS) is 14.1. The standard InChI is InChI=1S/C22H35N5O3.HI/c1-5-23-20(24-13-7-14-25-21(29)30-22(2,3)4)26-16-17-9-11-18(12-10-17)27-15-6-8-19(27)28;/h9-12H,5-8,13-16H2,1-4H3,(H,25,29)(H2,23,24,26);1H. The van der Waals surface area contributed by atoms with E-state index in [-0.39, 0.29) is 29.9 Å². The van der Waals surface area contributed by atoms with E-state index in [9.17, 15) is 9.59 Å². The molecular weight excluding hydrogens is 509 g/mol. The van der Waals surface area contributed by atoms with Crippen molar-refractivity contribution in [1.29, 1.82) is 0 Å². The van der Waals surface area contributed by atoms with Crippen LogP contribution >= 0.6 is 24.0 Å². The molecule has 3 N–H and O–H groups in total. The molecule has 0 unspecified atom stereocenters. The number of carbonyl (C=O) groups excluding carboxylic acids is 2. The van der Waals surface area contributed by atoms with Crippen molar-refractivity contribution in [3.63, 3.8) is 0 Å². The van der Waals surface area contributed by atoms with E-state index in [0.29, 0.717) is 26.1 Å². The molecule has 0 saturated carbocycles. The van der Waals surface area contributed by atoms with Gasteiger partial charge < -0.3 is 25.6 Å². The summed E-state index contributed by atoms with van der Waals surface area (Å²) in [7, 11) is 0. The third-order valence-corrected chi connectivity index (χ3v) is 4.40. The number of alkyl carbamates (subject to hydrolysis) is 1. The Kier molecular flexibility index (Phi) is 11.7. The molecule has 1 aromatic carbocycles. The first kappa shape index (κ1) is 27.0. The van der Waals surface area contributed by atoms with Crippen molar-refractivity contribution in [3.8, 4) is 0 Å². The topological polar surface area (TPSA) is 95.1 Å². The number of hydrogen-bond donors (Lipinski definition) is 3. The number of aliphatic imine (C=N–C) groups is 1. The van der Waals surface area contributed by atoms with Crippen LogP contribution in [0.3, 0.4) is 0 Å². The molecule has 1 fully saturated rings. The lowest BCUT2D eigenvalue weighted by atomic mass is 10.2. The lowest BCUT2D eigenvalue weighted by Crippen LogP contribution is -2.39. The van der Waals surface area contributed by atoms with Crippen LogP contribution in [0.15, 0.2) is 29.3 Å². The molecule has 174 valence electrons. The Morgan fingerprint density at radius 2 is 1.81 bits per heavy atom. The predicted octanol–water partition coefficient (Wildman–Crippen LogP) is 3.40. The summed E-state index contributed by atoms with van der Waals surface area (Å²) < 4.78 is 5.21. The van der Waals surface area contributed by atoms with E-state index < -0.39 is 11.7 Å². The first-order valence-corrected chi connectivity index (χ1v) is 10.7. The Morgan fingerprint density at radius 3 is 2.39 bits per heavy atom. The zero-order valence-electron chi connectivity index (χ0n) is 19.0. The summed E-state index contributed by atoms with van der Waals surface area (Å²) >= 11 is 0. The summed E-state index contributed by atoms with van der Waals surface area (Å²) in [5.41, 5.74) is 1.54. The van der Waals surface area contributed by atoms with Crippen molar-refractivity contribution in [2.24, 2.45) is 4.99 Å². The van der Waals surface area contributed by atoms with Gasteiger partial charge >= 0.3 is 6.09 Å². The molecule has 0 radical (unpaired) electrons. The molecule has 8 nitrogen and oxygen atoms in total. The van der Waals surface area contributed by atoms with E-state index >= 15 is 0 Å². The van der Waals surface area contributed by atoms with Crippen LogP contribution in [0.1, 0.15) is 52.5 Å². The Bertz CT molecular complexity index is 732. The molecule has 0 spiro atoms. The van der Waals surface area contributed by atoms with Gasteiger partial charge in [0.15, 0.2) is 5.96 Å². The molecule has 31 heavy (non-hydrogen) atoms. The Balaban J connectivity index is 0.00000480. The fourth-order valence-corrected chi connectivity index (χ4v) is 3.01. The van der Waals surface area contributed by atoms with Crippen molar-refractivity contribution in [2.45, 2.75) is 59.1 Å². The second kappa shape index (κ2) is 13.4. The van der Waals surface area contributed by atoms with Gasteiger partial charge in [0, 0.05) is 38.3 Å². The molecule has 0 aliphatic carbocycles. The number of hydrogen-bond acceptors (Lipinski definition) is 4. The summed E-state index contributed by atoms with van der Waals surface area (Å²) in [4.78, 5) is 29.9. The summed E-state index contributed by atoms with van der Waals surface area (Å²) in [6.45, 7) is 10.8. The van der Waals surface area contributed by atoms with Gasteiger partial charge in [0.25, 0.3) is 0 Å². The lowest BCUT2D eigenvalue weighted by Gasteiger charge is -2.19. The minimum absolute atomic E-state index is 0. The minimum atomic E-state index is -0.491. The van der Waals surface area contributed by atoms with Gasteiger partial charge in [0.05, 0.1) is 6.54 Å². The van der Waals surface area contributed by atoms with E-state index in [1.54, 1.807) is 0 Å². The highest BCUT2D eigenvalue weighted by atomic mass is 127. The number of ether oxygens (including phenoxy) is 1. The molecule has 1 heterocycles. The van der Waals surface area contributed by atoms with E-state index in [4.69, 9.17) is 4.74 Å². The number of nitrogens with zero attached hydrogens (tertiary/aromatic N) is 2. The molecule has 2 amide bonds. The summed E-state index contributed by atoms with van der Waals surface area (Å²) in [6.07, 6.45) is 1.91. The summed E-state index contributed by atoms with van der Waals surface area (Å²) in [5.74, 6) is 0.925. The van der Waals surface area contributed by atoms with Crippen LogP contribution in [-0.2, 0) is 16.1 Å². The summed E-state index contributed by atoms with van der Waals surface area (Å²) in [6, 6.07) is 7.99. The average Bonchev–Trinajstić information content (AvgIpc) is 3.10. The van der Waals surface area contributed by atoms with Crippen molar-refractivity contribution in [3.05, 3.63) is 29.8 Å². The number of benzene rings is 1. The third kappa shape index (κ3) is 10.2. The molecule has 1 saturated heterocycles. The molecule has 9 heteroatoms. The quantitative estimate of drug-likeness (QED) is 0.202. The second-order valence-electron chi connectivity index (χ2n) is 8.22.